The number of carbonyl (C=O) groups is 2. The molecule has 2 amide bonds. The van der Waals surface area contributed by atoms with Crippen LogP contribution in [0.4, 0.5) is 0 Å². The van der Waals surface area contributed by atoms with Gasteiger partial charge in [0.05, 0.1) is 0 Å². The summed E-state index contributed by atoms with van der Waals surface area (Å²) in [6, 6.07) is 13.7. The molecule has 0 bridgehead atoms. The van der Waals surface area contributed by atoms with Gasteiger partial charge in [0.2, 0.25) is 11.8 Å². The predicted octanol–water partition coefficient (Wildman–Crippen LogP) is 3.16. The third kappa shape index (κ3) is 7.31. The first kappa shape index (κ1) is 21.9. The van der Waals surface area contributed by atoms with Crippen LogP contribution < -0.4 is 16.4 Å². The molecule has 0 saturated heterocycles. The van der Waals surface area contributed by atoms with E-state index < -0.39 is 6.04 Å². The second kappa shape index (κ2) is 11.4. The minimum atomic E-state index is -0.592. The van der Waals surface area contributed by atoms with Crippen molar-refractivity contribution in [3.8, 4) is 0 Å². The van der Waals surface area contributed by atoms with Crippen molar-refractivity contribution >= 4 is 22.6 Å². The molecule has 0 heterocycles. The number of unbranched alkanes of at least 4 members (excludes halogenated alkanes) is 1. The smallest absolute Gasteiger partial charge is 0.242 e. The van der Waals surface area contributed by atoms with E-state index >= 15 is 0 Å². The summed E-state index contributed by atoms with van der Waals surface area (Å²) in [7, 11) is 0. The Kier molecular flexibility index (Phi) is 8.95. The largest absolute Gasteiger partial charge is 0.354 e. The third-order valence-corrected chi connectivity index (χ3v) is 4.78. The maximum Gasteiger partial charge on any atom is 0.242 e. The fourth-order valence-electron chi connectivity index (χ4n) is 3.22. The summed E-state index contributed by atoms with van der Waals surface area (Å²) in [6.07, 6.45) is 3.87. The minimum Gasteiger partial charge on any atom is -0.354 e. The van der Waals surface area contributed by atoms with E-state index in [1.54, 1.807) is 0 Å². The van der Waals surface area contributed by atoms with E-state index in [-0.39, 0.29) is 24.8 Å². The number of benzene rings is 2. The third-order valence-electron chi connectivity index (χ3n) is 4.78. The Morgan fingerprint density at radius 1 is 1.04 bits per heavy atom. The summed E-state index contributed by atoms with van der Waals surface area (Å²) < 4.78 is 0. The summed E-state index contributed by atoms with van der Waals surface area (Å²) in [5, 5.41) is 8.10. The highest BCUT2D eigenvalue weighted by molar-refractivity contribution is 5.88. The van der Waals surface area contributed by atoms with Gasteiger partial charge >= 0.3 is 0 Å². The van der Waals surface area contributed by atoms with E-state index in [4.69, 9.17) is 5.73 Å². The summed E-state index contributed by atoms with van der Waals surface area (Å²) >= 11 is 0. The lowest BCUT2D eigenvalue weighted by Crippen LogP contribution is -2.48. The molecule has 0 unspecified atom stereocenters. The van der Waals surface area contributed by atoms with E-state index in [1.807, 2.05) is 24.3 Å². The molecule has 2 aromatic rings. The lowest BCUT2D eigenvalue weighted by molar-refractivity contribution is -0.128. The topological polar surface area (TPSA) is 84.2 Å². The fraction of sp³-hybridized carbons (Fsp3) is 0.478. The van der Waals surface area contributed by atoms with Crippen LogP contribution in [0.15, 0.2) is 42.5 Å². The first-order valence-electron chi connectivity index (χ1n) is 10.2. The van der Waals surface area contributed by atoms with E-state index in [0.717, 1.165) is 35.6 Å². The van der Waals surface area contributed by atoms with Crippen molar-refractivity contribution in [2.24, 2.45) is 11.7 Å². The second-order valence-corrected chi connectivity index (χ2v) is 7.73. The van der Waals surface area contributed by atoms with Gasteiger partial charge in [-0.1, -0.05) is 69.2 Å². The molecule has 1 atom stereocenters. The van der Waals surface area contributed by atoms with Crippen LogP contribution in [0.25, 0.3) is 10.8 Å². The van der Waals surface area contributed by atoms with Crippen molar-refractivity contribution in [3.63, 3.8) is 0 Å². The van der Waals surface area contributed by atoms with Gasteiger partial charge in [-0.25, -0.2) is 0 Å². The van der Waals surface area contributed by atoms with Crippen LogP contribution in [0.3, 0.4) is 0 Å². The molecule has 28 heavy (non-hydrogen) atoms. The second-order valence-electron chi connectivity index (χ2n) is 7.73. The SMILES string of the molecule is CC(C)CCCCNC(=O)[C@@H](Cc1ccc2ccccc2c1)NC(=O)CCN. The molecule has 0 aliphatic carbocycles. The van der Waals surface area contributed by atoms with Crippen LogP contribution >= 0.6 is 0 Å². The van der Waals surface area contributed by atoms with Crippen LogP contribution in [-0.2, 0) is 16.0 Å². The highest BCUT2D eigenvalue weighted by Gasteiger charge is 2.20. The van der Waals surface area contributed by atoms with Crippen LogP contribution in [0.5, 0.6) is 0 Å². The zero-order chi connectivity index (χ0) is 20.4. The maximum absolute atomic E-state index is 12.7. The average molecular weight is 384 g/mol. The molecule has 0 saturated carbocycles. The standard InChI is InChI=1S/C23H33N3O2/c1-17(2)7-5-6-14-25-23(28)21(26-22(27)12-13-24)16-18-10-11-19-8-3-4-9-20(19)15-18/h3-4,8-11,15,17,21H,5-7,12-14,16,24H2,1-2H3,(H,25,28)(H,26,27)/t21-/m1/s1. The van der Waals surface area contributed by atoms with Gasteiger partial charge in [-0.2, -0.15) is 0 Å². The molecule has 152 valence electrons. The number of amides is 2. The van der Waals surface area contributed by atoms with Crippen LogP contribution in [-0.4, -0.2) is 30.9 Å². The molecule has 0 aliphatic heterocycles. The molecule has 5 heteroatoms. The summed E-state index contributed by atoms with van der Waals surface area (Å²) in [6.45, 7) is 5.30. The number of nitrogens with one attached hydrogen (secondary N) is 2. The van der Waals surface area contributed by atoms with E-state index in [2.05, 4.69) is 42.7 Å². The number of hydrogen-bond donors (Lipinski definition) is 3. The van der Waals surface area contributed by atoms with Gasteiger partial charge in [0.25, 0.3) is 0 Å². The van der Waals surface area contributed by atoms with Crippen molar-refractivity contribution < 1.29 is 9.59 Å². The number of hydrogen-bond acceptors (Lipinski definition) is 3. The molecule has 2 rings (SSSR count). The van der Waals surface area contributed by atoms with Crippen LogP contribution in [0.2, 0.25) is 0 Å². The van der Waals surface area contributed by atoms with Gasteiger partial charge in [0, 0.05) is 25.9 Å². The van der Waals surface area contributed by atoms with Crippen LogP contribution in [0, 0.1) is 5.92 Å². The lowest BCUT2D eigenvalue weighted by atomic mass is 10.0. The normalized spacial score (nSPS) is 12.1. The highest BCUT2D eigenvalue weighted by atomic mass is 16.2. The Morgan fingerprint density at radius 2 is 1.79 bits per heavy atom. The zero-order valence-electron chi connectivity index (χ0n) is 17.0. The fourth-order valence-corrected chi connectivity index (χ4v) is 3.22. The Morgan fingerprint density at radius 3 is 2.50 bits per heavy atom. The lowest BCUT2D eigenvalue weighted by Gasteiger charge is -2.19. The predicted molar refractivity (Wildman–Crippen MR) is 115 cm³/mol. The molecular formula is C23H33N3O2. The number of carbonyl (C=O) groups excluding carboxylic acids is 2. The van der Waals surface area contributed by atoms with Crippen LogP contribution in [0.1, 0.15) is 45.1 Å². The monoisotopic (exact) mass is 383 g/mol. The first-order valence-corrected chi connectivity index (χ1v) is 10.2. The van der Waals surface area contributed by atoms with Crippen molar-refractivity contribution in [3.05, 3.63) is 48.0 Å². The zero-order valence-corrected chi connectivity index (χ0v) is 17.0. The number of rotatable bonds is 11. The molecular weight excluding hydrogens is 350 g/mol. The van der Waals surface area contributed by atoms with Gasteiger partial charge in [-0.3, -0.25) is 9.59 Å². The average Bonchev–Trinajstić information content (AvgIpc) is 2.67. The van der Waals surface area contributed by atoms with Crippen molar-refractivity contribution in [2.45, 2.75) is 52.0 Å². The van der Waals surface area contributed by atoms with Crippen molar-refractivity contribution in [1.29, 1.82) is 0 Å². The summed E-state index contributed by atoms with van der Waals surface area (Å²) in [5.41, 5.74) is 6.49. The Labute approximate surface area is 168 Å². The maximum atomic E-state index is 12.7. The highest BCUT2D eigenvalue weighted by Crippen LogP contribution is 2.17. The van der Waals surface area contributed by atoms with Gasteiger partial charge < -0.3 is 16.4 Å². The van der Waals surface area contributed by atoms with Gasteiger partial charge in [0.15, 0.2) is 0 Å². The quantitative estimate of drug-likeness (QED) is 0.521. The number of fused-ring (bicyclic) bond motifs is 1. The molecule has 0 aliphatic rings. The Hall–Kier alpha value is -2.40. The van der Waals surface area contributed by atoms with Gasteiger partial charge in [0.1, 0.15) is 6.04 Å². The molecule has 0 spiro atoms. The molecule has 0 fully saturated rings. The van der Waals surface area contributed by atoms with E-state index in [0.29, 0.717) is 18.9 Å². The Bertz CT molecular complexity index is 773. The Balaban J connectivity index is 2.00. The van der Waals surface area contributed by atoms with Crippen molar-refractivity contribution in [1.82, 2.24) is 10.6 Å². The van der Waals surface area contributed by atoms with Gasteiger partial charge in [-0.15, -0.1) is 0 Å². The summed E-state index contributed by atoms with van der Waals surface area (Å²) in [5.74, 6) is 0.346. The number of nitrogens with two attached hydrogens (primary N) is 1. The summed E-state index contributed by atoms with van der Waals surface area (Å²) in [4.78, 5) is 24.7. The molecule has 5 nitrogen and oxygen atoms in total. The minimum absolute atomic E-state index is 0.136. The van der Waals surface area contributed by atoms with Crippen molar-refractivity contribution in [2.75, 3.05) is 13.1 Å². The first-order chi connectivity index (χ1) is 13.5. The molecule has 0 radical (unpaired) electrons. The van der Waals surface area contributed by atoms with E-state index in [1.165, 1.54) is 0 Å². The molecule has 0 aromatic heterocycles. The molecule has 4 N–H and O–H groups in total. The molecule has 2 aromatic carbocycles. The van der Waals surface area contributed by atoms with E-state index in [9.17, 15) is 9.59 Å². The van der Waals surface area contributed by atoms with Gasteiger partial charge in [-0.05, 0) is 28.7 Å².